The highest BCUT2D eigenvalue weighted by molar-refractivity contribution is 6.06. The molecule has 7 heteroatoms. The molecule has 1 atom stereocenters. The Bertz CT molecular complexity index is 661. The van der Waals surface area contributed by atoms with Crippen molar-refractivity contribution in [3.63, 3.8) is 0 Å². The molecule has 7 nitrogen and oxygen atoms in total. The first-order valence-corrected chi connectivity index (χ1v) is 7.07. The number of nitrogens with one attached hydrogen (secondary N) is 1. The molecule has 0 unspecified atom stereocenters. The maximum absolute atomic E-state index is 12.1. The molecule has 22 heavy (non-hydrogen) atoms. The molecule has 1 heterocycles. The lowest BCUT2D eigenvalue weighted by Crippen LogP contribution is -2.40. The van der Waals surface area contributed by atoms with Crippen molar-refractivity contribution in [1.82, 2.24) is 5.32 Å². The first kappa shape index (κ1) is 14.2. The lowest BCUT2D eigenvalue weighted by molar-refractivity contribution is -0.385. The van der Waals surface area contributed by atoms with E-state index in [1.54, 1.807) is 18.2 Å². The van der Waals surface area contributed by atoms with Gasteiger partial charge in [0.05, 0.1) is 16.2 Å². The fraction of sp³-hybridized carbons (Fsp3) is 0.333. The van der Waals surface area contributed by atoms with Crippen LogP contribution in [0.5, 0.6) is 0 Å². The number of nitro groups is 1. The molecule has 0 bridgehead atoms. The molecule has 1 aromatic carbocycles. The van der Waals surface area contributed by atoms with Crippen molar-refractivity contribution in [2.45, 2.75) is 31.4 Å². The van der Waals surface area contributed by atoms with Gasteiger partial charge < -0.3 is 10.2 Å². The highest BCUT2D eigenvalue weighted by Gasteiger charge is 2.32. The summed E-state index contributed by atoms with van der Waals surface area (Å²) in [5, 5.41) is 17.8. The van der Waals surface area contributed by atoms with Gasteiger partial charge in [-0.15, -0.1) is 0 Å². The van der Waals surface area contributed by atoms with Crippen molar-refractivity contribution in [3.05, 3.63) is 52.1 Å². The van der Waals surface area contributed by atoms with Crippen molar-refractivity contribution < 1.29 is 14.6 Å². The van der Waals surface area contributed by atoms with E-state index in [2.05, 4.69) is 10.5 Å². The largest absolute Gasteiger partial charge is 0.382 e. The minimum absolute atomic E-state index is 0.0362. The van der Waals surface area contributed by atoms with Gasteiger partial charge in [-0.05, 0) is 18.9 Å². The molecular weight excluding hydrogens is 286 g/mol. The second-order valence-electron chi connectivity index (χ2n) is 5.26. The van der Waals surface area contributed by atoms with Gasteiger partial charge in [-0.25, -0.2) is 0 Å². The van der Waals surface area contributed by atoms with E-state index in [9.17, 15) is 14.9 Å². The number of hydrogen-bond donors (Lipinski definition) is 1. The Labute approximate surface area is 126 Å². The summed E-state index contributed by atoms with van der Waals surface area (Å²) in [7, 11) is 0. The summed E-state index contributed by atoms with van der Waals surface area (Å²) in [6.45, 7) is 0. The number of para-hydroxylation sites is 1. The van der Waals surface area contributed by atoms with Gasteiger partial charge in [0.15, 0.2) is 0 Å². The topological polar surface area (TPSA) is 93.8 Å². The van der Waals surface area contributed by atoms with Gasteiger partial charge in [0.2, 0.25) is 6.10 Å². The third kappa shape index (κ3) is 2.83. The average molecular weight is 301 g/mol. The summed E-state index contributed by atoms with van der Waals surface area (Å²) in [5.41, 5.74) is 0.785. The zero-order valence-electron chi connectivity index (χ0n) is 11.8. The van der Waals surface area contributed by atoms with Crippen molar-refractivity contribution in [2.24, 2.45) is 5.16 Å². The van der Waals surface area contributed by atoms with E-state index in [1.165, 1.54) is 6.07 Å². The van der Waals surface area contributed by atoms with E-state index < -0.39 is 11.0 Å². The first-order valence-electron chi connectivity index (χ1n) is 7.07. The highest BCUT2D eigenvalue weighted by Crippen LogP contribution is 2.24. The predicted molar refractivity (Wildman–Crippen MR) is 79.4 cm³/mol. The van der Waals surface area contributed by atoms with Crippen LogP contribution in [0.3, 0.4) is 0 Å². The molecule has 0 spiro atoms. The van der Waals surface area contributed by atoms with Crippen LogP contribution in [0.2, 0.25) is 0 Å². The summed E-state index contributed by atoms with van der Waals surface area (Å²) < 4.78 is 0. The molecule has 114 valence electrons. The molecule has 1 amide bonds. The van der Waals surface area contributed by atoms with E-state index in [1.807, 2.05) is 12.2 Å². The standard InChI is InChI=1S/C15H15N3O4/c19-15(16-10-5-1-2-6-10)14-9-12(17-22-14)11-7-3-4-8-13(11)18(20)21/h1-4,7-8,10,14H,5-6,9H2,(H,16,19)/t14-/m0/s1. The van der Waals surface area contributed by atoms with E-state index >= 15 is 0 Å². The van der Waals surface area contributed by atoms with Gasteiger partial charge in [-0.2, -0.15) is 0 Å². The van der Waals surface area contributed by atoms with Crippen molar-refractivity contribution in [3.8, 4) is 0 Å². The number of benzene rings is 1. The van der Waals surface area contributed by atoms with Crippen LogP contribution < -0.4 is 5.32 Å². The first-order chi connectivity index (χ1) is 10.6. The fourth-order valence-electron chi connectivity index (χ4n) is 2.58. The fourth-order valence-corrected chi connectivity index (χ4v) is 2.58. The van der Waals surface area contributed by atoms with Gasteiger partial charge >= 0.3 is 0 Å². The Morgan fingerprint density at radius 1 is 1.32 bits per heavy atom. The van der Waals surface area contributed by atoms with Crippen molar-refractivity contribution >= 4 is 17.3 Å². The lowest BCUT2D eigenvalue weighted by atomic mass is 10.0. The highest BCUT2D eigenvalue weighted by atomic mass is 16.6. The van der Waals surface area contributed by atoms with Crippen LogP contribution in [0.4, 0.5) is 5.69 Å². The minimum Gasteiger partial charge on any atom is -0.382 e. The van der Waals surface area contributed by atoms with Crippen LogP contribution in [0.1, 0.15) is 24.8 Å². The Kier molecular flexibility index (Phi) is 3.86. The molecule has 3 rings (SSSR count). The van der Waals surface area contributed by atoms with Crippen molar-refractivity contribution in [1.29, 1.82) is 0 Å². The number of rotatable bonds is 4. The average Bonchev–Trinajstić information content (AvgIpc) is 3.18. The van der Waals surface area contributed by atoms with E-state index in [4.69, 9.17) is 4.84 Å². The Morgan fingerprint density at radius 2 is 2.05 bits per heavy atom. The van der Waals surface area contributed by atoms with Gasteiger partial charge in [0.25, 0.3) is 11.6 Å². The van der Waals surface area contributed by atoms with E-state index in [0.29, 0.717) is 11.3 Å². The van der Waals surface area contributed by atoms with E-state index in [-0.39, 0.29) is 24.1 Å². The zero-order valence-corrected chi connectivity index (χ0v) is 11.8. The predicted octanol–water partition coefficient (Wildman–Crippen LogP) is 1.92. The molecule has 1 aliphatic heterocycles. The van der Waals surface area contributed by atoms with Crippen LogP contribution in [0, 0.1) is 10.1 Å². The SMILES string of the molecule is O=C(NC1CC=CC1)[C@@H]1CC(c2ccccc2[N+](=O)[O-])=NO1. The number of carbonyl (C=O) groups excluding carboxylic acids is 1. The number of nitro benzene ring substituents is 1. The summed E-state index contributed by atoms with van der Waals surface area (Å²) >= 11 is 0. The summed E-state index contributed by atoms with van der Waals surface area (Å²) in [5.74, 6) is -0.231. The third-order valence-electron chi connectivity index (χ3n) is 3.73. The smallest absolute Gasteiger partial charge is 0.278 e. The zero-order chi connectivity index (χ0) is 15.5. The maximum atomic E-state index is 12.1. The normalized spacial score (nSPS) is 20.5. The number of carbonyl (C=O) groups is 1. The van der Waals surface area contributed by atoms with Crippen LogP contribution in [-0.4, -0.2) is 28.7 Å². The molecule has 2 aliphatic rings. The summed E-state index contributed by atoms with van der Waals surface area (Å²) in [6.07, 6.45) is 5.19. The number of hydrogen-bond acceptors (Lipinski definition) is 5. The summed E-state index contributed by atoms with van der Waals surface area (Å²) in [4.78, 5) is 27.9. The quantitative estimate of drug-likeness (QED) is 0.522. The molecular formula is C15H15N3O4. The Morgan fingerprint density at radius 3 is 2.77 bits per heavy atom. The van der Waals surface area contributed by atoms with Crippen LogP contribution in [0.15, 0.2) is 41.6 Å². The van der Waals surface area contributed by atoms with Crippen molar-refractivity contribution in [2.75, 3.05) is 0 Å². The number of nitrogens with zero attached hydrogens (tertiary/aromatic N) is 2. The Balaban J connectivity index is 1.67. The minimum atomic E-state index is -0.726. The monoisotopic (exact) mass is 301 g/mol. The van der Waals surface area contributed by atoms with Crippen LogP contribution in [0.25, 0.3) is 0 Å². The maximum Gasteiger partial charge on any atom is 0.278 e. The molecule has 0 radical (unpaired) electrons. The summed E-state index contributed by atoms with van der Waals surface area (Å²) in [6, 6.07) is 6.42. The third-order valence-corrected chi connectivity index (χ3v) is 3.73. The molecule has 1 aliphatic carbocycles. The lowest BCUT2D eigenvalue weighted by Gasteiger charge is -2.14. The molecule has 0 aromatic heterocycles. The number of amides is 1. The molecule has 0 saturated carbocycles. The van der Waals surface area contributed by atoms with Gasteiger partial charge in [0.1, 0.15) is 0 Å². The molecule has 0 saturated heterocycles. The van der Waals surface area contributed by atoms with Gasteiger partial charge in [-0.3, -0.25) is 14.9 Å². The Hall–Kier alpha value is -2.70. The number of oxime groups is 1. The molecule has 1 N–H and O–H groups in total. The molecule has 1 aromatic rings. The second-order valence-corrected chi connectivity index (χ2v) is 5.26. The van der Waals surface area contributed by atoms with E-state index in [0.717, 1.165) is 12.8 Å². The van der Waals surface area contributed by atoms with Crippen LogP contribution >= 0.6 is 0 Å². The second kappa shape index (κ2) is 5.97. The van der Waals surface area contributed by atoms with Crippen LogP contribution in [-0.2, 0) is 9.63 Å². The molecule has 0 fully saturated rings. The van der Waals surface area contributed by atoms with Gasteiger partial charge in [0, 0.05) is 18.5 Å². The van der Waals surface area contributed by atoms with Gasteiger partial charge in [-0.1, -0.05) is 29.4 Å².